The first-order valence-electron chi connectivity index (χ1n) is 7.55. The molecule has 2 aromatic carbocycles. The van der Waals surface area contributed by atoms with Gasteiger partial charge in [-0.15, -0.1) is 0 Å². The highest BCUT2D eigenvalue weighted by Crippen LogP contribution is 2.27. The number of halogens is 2. The number of hydrogen-bond acceptors (Lipinski definition) is 5. The molecule has 0 fully saturated rings. The van der Waals surface area contributed by atoms with Crippen molar-refractivity contribution >= 4 is 46.3 Å². The summed E-state index contributed by atoms with van der Waals surface area (Å²) in [6, 6.07) is 13.7. The van der Waals surface area contributed by atoms with Crippen LogP contribution in [-0.2, 0) is 0 Å². The monoisotopic (exact) mass is 388 g/mol. The Morgan fingerprint density at radius 2 is 1.85 bits per heavy atom. The Balaban J connectivity index is 1.78. The molecule has 3 rings (SSSR count). The van der Waals surface area contributed by atoms with Gasteiger partial charge in [0.2, 0.25) is 0 Å². The molecule has 1 amide bonds. The molecule has 3 aromatic rings. The van der Waals surface area contributed by atoms with Gasteiger partial charge in [-0.25, -0.2) is 9.97 Å². The van der Waals surface area contributed by atoms with Gasteiger partial charge in [0, 0.05) is 11.8 Å². The zero-order valence-corrected chi connectivity index (χ0v) is 15.2. The molecule has 0 aliphatic heterocycles. The maximum Gasteiger partial charge on any atom is 0.274 e. The Labute approximate surface area is 160 Å². The van der Waals surface area contributed by atoms with Gasteiger partial charge in [-0.05, 0) is 30.3 Å². The van der Waals surface area contributed by atoms with Crippen molar-refractivity contribution in [1.29, 1.82) is 0 Å². The first-order valence-corrected chi connectivity index (χ1v) is 8.31. The summed E-state index contributed by atoms with van der Waals surface area (Å²) in [7, 11) is 1.54. The van der Waals surface area contributed by atoms with E-state index in [4.69, 9.17) is 27.9 Å². The number of para-hydroxylation sites is 2. The molecule has 26 heavy (non-hydrogen) atoms. The minimum absolute atomic E-state index is 0.202. The third-order valence-electron chi connectivity index (χ3n) is 3.45. The molecule has 1 aromatic heterocycles. The van der Waals surface area contributed by atoms with Gasteiger partial charge < -0.3 is 15.4 Å². The maximum absolute atomic E-state index is 12.5. The Morgan fingerprint density at radius 1 is 1.04 bits per heavy atom. The van der Waals surface area contributed by atoms with Crippen molar-refractivity contribution in [3.05, 3.63) is 70.6 Å². The van der Waals surface area contributed by atoms with Crippen LogP contribution in [0.15, 0.2) is 54.9 Å². The van der Waals surface area contributed by atoms with E-state index >= 15 is 0 Å². The van der Waals surface area contributed by atoms with Crippen LogP contribution in [0.1, 0.15) is 10.5 Å². The van der Waals surface area contributed by atoms with E-state index in [-0.39, 0.29) is 11.6 Å². The van der Waals surface area contributed by atoms with E-state index in [9.17, 15) is 4.79 Å². The van der Waals surface area contributed by atoms with E-state index in [0.29, 0.717) is 33.0 Å². The topological polar surface area (TPSA) is 76.1 Å². The van der Waals surface area contributed by atoms with E-state index in [1.54, 1.807) is 36.4 Å². The normalized spacial score (nSPS) is 10.3. The number of anilines is 3. The quantitative estimate of drug-likeness (QED) is 0.656. The number of nitrogens with zero attached hydrogens (tertiary/aromatic N) is 2. The lowest BCUT2D eigenvalue weighted by molar-refractivity contribution is 0.102. The zero-order chi connectivity index (χ0) is 18.5. The predicted octanol–water partition coefficient (Wildman–Crippen LogP) is 4.79. The lowest BCUT2D eigenvalue weighted by atomic mass is 10.2. The van der Waals surface area contributed by atoms with Crippen molar-refractivity contribution in [2.75, 3.05) is 17.7 Å². The van der Waals surface area contributed by atoms with Gasteiger partial charge in [0.05, 0.1) is 22.8 Å². The average molecular weight is 389 g/mol. The highest BCUT2D eigenvalue weighted by molar-refractivity contribution is 6.42. The molecular weight excluding hydrogens is 375 g/mol. The van der Waals surface area contributed by atoms with Crippen molar-refractivity contribution < 1.29 is 9.53 Å². The Kier molecular flexibility index (Phi) is 5.55. The molecule has 0 aliphatic rings. The molecular formula is C18H14Cl2N4O2. The number of methoxy groups -OCH3 is 1. The summed E-state index contributed by atoms with van der Waals surface area (Å²) < 4.78 is 5.22. The first-order chi connectivity index (χ1) is 12.6. The molecule has 0 saturated carbocycles. The van der Waals surface area contributed by atoms with Crippen LogP contribution in [0.2, 0.25) is 10.0 Å². The summed E-state index contributed by atoms with van der Waals surface area (Å²) >= 11 is 11.9. The summed E-state index contributed by atoms with van der Waals surface area (Å²) in [6.45, 7) is 0. The number of hydrogen-bond donors (Lipinski definition) is 2. The summed E-state index contributed by atoms with van der Waals surface area (Å²) in [6.07, 6.45) is 1.30. The minimum atomic E-state index is -0.380. The van der Waals surface area contributed by atoms with Crippen LogP contribution in [0.3, 0.4) is 0 Å². The molecule has 0 spiro atoms. The first kappa shape index (κ1) is 18.0. The highest BCUT2D eigenvalue weighted by atomic mass is 35.5. The molecule has 1 heterocycles. The summed E-state index contributed by atoms with van der Waals surface area (Å²) in [4.78, 5) is 20.6. The van der Waals surface area contributed by atoms with Gasteiger partial charge in [-0.1, -0.05) is 35.3 Å². The lowest BCUT2D eigenvalue weighted by Gasteiger charge is -2.10. The second-order valence-electron chi connectivity index (χ2n) is 5.20. The molecule has 0 aliphatic carbocycles. The van der Waals surface area contributed by atoms with Crippen LogP contribution in [0.4, 0.5) is 17.2 Å². The number of ether oxygens (including phenoxy) is 1. The van der Waals surface area contributed by atoms with Gasteiger partial charge in [-0.3, -0.25) is 4.79 Å². The summed E-state index contributed by atoms with van der Waals surface area (Å²) in [5.74, 6) is 0.627. The van der Waals surface area contributed by atoms with Crippen molar-refractivity contribution in [3.8, 4) is 5.75 Å². The van der Waals surface area contributed by atoms with Gasteiger partial charge in [0.15, 0.2) is 0 Å². The van der Waals surface area contributed by atoms with Crippen LogP contribution in [0, 0.1) is 0 Å². The van der Waals surface area contributed by atoms with Gasteiger partial charge >= 0.3 is 0 Å². The Morgan fingerprint density at radius 3 is 2.62 bits per heavy atom. The largest absolute Gasteiger partial charge is 0.495 e. The van der Waals surface area contributed by atoms with Gasteiger partial charge in [-0.2, -0.15) is 0 Å². The lowest BCUT2D eigenvalue weighted by Crippen LogP contribution is -2.15. The second-order valence-corrected chi connectivity index (χ2v) is 6.01. The number of amides is 1. The molecule has 0 atom stereocenters. The Bertz CT molecular complexity index is 950. The van der Waals surface area contributed by atoms with Crippen molar-refractivity contribution in [1.82, 2.24) is 9.97 Å². The fraction of sp³-hybridized carbons (Fsp3) is 0.0556. The highest BCUT2D eigenvalue weighted by Gasteiger charge is 2.12. The summed E-state index contributed by atoms with van der Waals surface area (Å²) in [5, 5.41) is 6.69. The maximum atomic E-state index is 12.5. The van der Waals surface area contributed by atoms with Gasteiger partial charge in [0.1, 0.15) is 23.6 Å². The van der Waals surface area contributed by atoms with Gasteiger partial charge in [0.25, 0.3) is 5.91 Å². The number of benzene rings is 2. The molecule has 6 nitrogen and oxygen atoms in total. The van der Waals surface area contributed by atoms with E-state index in [1.807, 2.05) is 6.07 Å². The fourth-order valence-electron chi connectivity index (χ4n) is 2.21. The minimum Gasteiger partial charge on any atom is -0.495 e. The van der Waals surface area contributed by atoms with Crippen molar-refractivity contribution in [3.63, 3.8) is 0 Å². The van der Waals surface area contributed by atoms with Crippen LogP contribution in [-0.4, -0.2) is 23.0 Å². The fourth-order valence-corrected chi connectivity index (χ4v) is 2.50. The van der Waals surface area contributed by atoms with Crippen LogP contribution in [0.25, 0.3) is 0 Å². The third kappa shape index (κ3) is 4.22. The second kappa shape index (κ2) is 8.03. The van der Waals surface area contributed by atoms with E-state index in [1.165, 1.54) is 19.5 Å². The summed E-state index contributed by atoms with van der Waals surface area (Å²) in [5.41, 5.74) is 1.44. The predicted molar refractivity (Wildman–Crippen MR) is 103 cm³/mol. The molecule has 132 valence electrons. The van der Waals surface area contributed by atoms with E-state index in [0.717, 1.165) is 0 Å². The SMILES string of the molecule is COc1ccccc1NC(=O)c1cc(Nc2ccc(Cl)c(Cl)c2)ncn1. The molecule has 0 radical (unpaired) electrons. The molecule has 2 N–H and O–H groups in total. The van der Waals surface area contributed by atoms with E-state index < -0.39 is 0 Å². The number of carbonyl (C=O) groups is 1. The van der Waals surface area contributed by atoms with Crippen LogP contribution >= 0.6 is 23.2 Å². The molecule has 0 unspecified atom stereocenters. The average Bonchev–Trinajstić information content (AvgIpc) is 2.65. The third-order valence-corrected chi connectivity index (χ3v) is 4.19. The standard InChI is InChI=1S/C18H14Cl2N4O2/c1-26-16-5-3-2-4-14(16)24-18(25)15-9-17(22-10-21-15)23-11-6-7-12(19)13(20)8-11/h2-10H,1H3,(H,24,25)(H,21,22,23). The molecule has 0 saturated heterocycles. The molecule has 8 heteroatoms. The number of nitrogens with one attached hydrogen (secondary N) is 2. The zero-order valence-electron chi connectivity index (χ0n) is 13.7. The number of aromatic nitrogens is 2. The number of rotatable bonds is 5. The number of carbonyl (C=O) groups excluding carboxylic acids is 1. The van der Waals surface area contributed by atoms with Crippen LogP contribution < -0.4 is 15.4 Å². The van der Waals surface area contributed by atoms with Crippen molar-refractivity contribution in [2.24, 2.45) is 0 Å². The molecule has 0 bridgehead atoms. The Hall–Kier alpha value is -2.83. The van der Waals surface area contributed by atoms with Crippen LogP contribution in [0.5, 0.6) is 5.75 Å². The van der Waals surface area contributed by atoms with E-state index in [2.05, 4.69) is 20.6 Å². The smallest absolute Gasteiger partial charge is 0.274 e. The van der Waals surface area contributed by atoms with Crippen molar-refractivity contribution in [2.45, 2.75) is 0 Å².